The van der Waals surface area contributed by atoms with Crippen molar-refractivity contribution >= 4 is 5.78 Å². The summed E-state index contributed by atoms with van der Waals surface area (Å²) in [6.07, 6.45) is 3.22. The number of rotatable bonds is 3. The largest absolute Gasteiger partial charge is 0.313 e. The number of hydrogen-bond donors (Lipinski definition) is 1. The average Bonchev–Trinajstić information content (AvgIpc) is 2.07. The van der Waals surface area contributed by atoms with Crippen molar-refractivity contribution in [2.75, 3.05) is 13.6 Å². The Kier molecular flexibility index (Phi) is 2.74. The van der Waals surface area contributed by atoms with E-state index < -0.39 is 0 Å². The van der Waals surface area contributed by atoms with Gasteiger partial charge in [-0.15, -0.1) is 0 Å². The zero-order valence-electron chi connectivity index (χ0n) is 6.37. The molecule has 0 amide bonds. The Balaban J connectivity index is 2.69. The second-order valence-corrected chi connectivity index (χ2v) is 2.20. The minimum atomic E-state index is 0.0700. The first-order chi connectivity index (χ1) is 5.34. The molecule has 0 unspecified atom stereocenters. The molecule has 0 radical (unpaired) electrons. The fourth-order valence-corrected chi connectivity index (χ4v) is 0.790. The molecule has 0 aromatic carbocycles. The van der Waals surface area contributed by atoms with Crippen molar-refractivity contribution in [2.24, 2.45) is 0 Å². The van der Waals surface area contributed by atoms with Crippen LogP contribution in [0.15, 0.2) is 24.5 Å². The highest BCUT2D eigenvalue weighted by Gasteiger charge is 2.01. The van der Waals surface area contributed by atoms with Gasteiger partial charge in [0, 0.05) is 18.0 Å². The summed E-state index contributed by atoms with van der Waals surface area (Å²) in [7, 11) is 1.74. The van der Waals surface area contributed by atoms with Crippen LogP contribution in [0.4, 0.5) is 0 Å². The van der Waals surface area contributed by atoms with Crippen molar-refractivity contribution in [3.63, 3.8) is 0 Å². The highest BCUT2D eigenvalue weighted by molar-refractivity contribution is 5.97. The quantitative estimate of drug-likeness (QED) is 0.637. The minimum Gasteiger partial charge on any atom is -0.313 e. The van der Waals surface area contributed by atoms with Gasteiger partial charge in [0.1, 0.15) is 0 Å². The third kappa shape index (κ3) is 2.13. The van der Waals surface area contributed by atoms with Gasteiger partial charge in [-0.05, 0) is 19.2 Å². The zero-order chi connectivity index (χ0) is 8.10. The van der Waals surface area contributed by atoms with Crippen LogP contribution in [0, 0.1) is 0 Å². The molecule has 0 aliphatic carbocycles. The second kappa shape index (κ2) is 3.83. The molecule has 1 rings (SSSR count). The number of carbonyl (C=O) groups is 1. The molecule has 0 aliphatic rings. The van der Waals surface area contributed by atoms with E-state index in [0.29, 0.717) is 12.1 Å². The molecule has 0 spiro atoms. The molecule has 1 aromatic rings. The van der Waals surface area contributed by atoms with Crippen molar-refractivity contribution < 1.29 is 4.79 Å². The lowest BCUT2D eigenvalue weighted by Gasteiger charge is -1.96. The number of ketones is 1. The highest BCUT2D eigenvalue weighted by atomic mass is 16.1. The van der Waals surface area contributed by atoms with Crippen LogP contribution in [0.3, 0.4) is 0 Å². The molecule has 1 N–H and O–H groups in total. The molecule has 0 saturated heterocycles. The van der Waals surface area contributed by atoms with Gasteiger partial charge in [-0.1, -0.05) is 0 Å². The molecule has 58 valence electrons. The van der Waals surface area contributed by atoms with E-state index in [1.54, 1.807) is 31.6 Å². The van der Waals surface area contributed by atoms with Gasteiger partial charge < -0.3 is 5.32 Å². The Morgan fingerprint density at radius 2 is 2.55 bits per heavy atom. The predicted molar refractivity (Wildman–Crippen MR) is 42.5 cm³/mol. The number of nitrogens with zero attached hydrogens (tertiary/aromatic N) is 1. The number of aromatic nitrogens is 1. The number of Topliss-reactive ketones (excluding diaryl/α,β-unsaturated/α-hetero) is 1. The van der Waals surface area contributed by atoms with Gasteiger partial charge in [0.2, 0.25) is 0 Å². The van der Waals surface area contributed by atoms with E-state index in [-0.39, 0.29) is 5.78 Å². The molecule has 11 heavy (non-hydrogen) atoms. The van der Waals surface area contributed by atoms with Crippen LogP contribution in [0.1, 0.15) is 10.4 Å². The van der Waals surface area contributed by atoms with E-state index >= 15 is 0 Å². The van der Waals surface area contributed by atoms with E-state index in [1.807, 2.05) is 0 Å². The Morgan fingerprint density at radius 3 is 3.09 bits per heavy atom. The number of likely N-dealkylation sites (N-methyl/N-ethyl adjacent to an activating group) is 1. The van der Waals surface area contributed by atoms with Crippen LogP contribution in [0.25, 0.3) is 0 Å². The zero-order valence-corrected chi connectivity index (χ0v) is 6.37. The third-order valence-corrected chi connectivity index (χ3v) is 1.32. The summed E-state index contributed by atoms with van der Waals surface area (Å²) in [4.78, 5) is 15.0. The maximum absolute atomic E-state index is 11.1. The van der Waals surface area contributed by atoms with Gasteiger partial charge in [-0.2, -0.15) is 0 Å². The standard InChI is InChI=1S/C8H10N2O/c1-9-6-8(11)7-3-2-4-10-5-7/h2-5,9H,6H2,1H3. The van der Waals surface area contributed by atoms with Crippen LogP contribution >= 0.6 is 0 Å². The predicted octanol–water partition coefficient (Wildman–Crippen LogP) is 0.484. The van der Waals surface area contributed by atoms with Crippen molar-refractivity contribution in [1.82, 2.24) is 10.3 Å². The van der Waals surface area contributed by atoms with Crippen LogP contribution in [0.2, 0.25) is 0 Å². The molecular weight excluding hydrogens is 140 g/mol. The third-order valence-electron chi connectivity index (χ3n) is 1.32. The number of pyridine rings is 1. The minimum absolute atomic E-state index is 0.0700. The Hall–Kier alpha value is -1.22. The van der Waals surface area contributed by atoms with Gasteiger partial charge in [0.05, 0.1) is 6.54 Å². The fraction of sp³-hybridized carbons (Fsp3) is 0.250. The van der Waals surface area contributed by atoms with Gasteiger partial charge in [-0.3, -0.25) is 9.78 Å². The van der Waals surface area contributed by atoms with Crippen molar-refractivity contribution in [3.05, 3.63) is 30.1 Å². The van der Waals surface area contributed by atoms with Crippen molar-refractivity contribution in [2.45, 2.75) is 0 Å². The lowest BCUT2D eigenvalue weighted by atomic mass is 10.2. The summed E-state index contributed by atoms with van der Waals surface area (Å²) >= 11 is 0. The molecule has 0 fully saturated rings. The molecule has 1 aromatic heterocycles. The Morgan fingerprint density at radius 1 is 1.73 bits per heavy atom. The highest BCUT2D eigenvalue weighted by Crippen LogP contribution is 1.95. The number of nitrogens with one attached hydrogen (secondary N) is 1. The first-order valence-corrected chi connectivity index (χ1v) is 3.42. The maximum atomic E-state index is 11.1. The first-order valence-electron chi connectivity index (χ1n) is 3.42. The molecular formula is C8H10N2O. The SMILES string of the molecule is CNCC(=O)c1cccnc1. The molecule has 0 atom stereocenters. The van der Waals surface area contributed by atoms with E-state index in [0.717, 1.165) is 0 Å². The maximum Gasteiger partial charge on any atom is 0.178 e. The fourth-order valence-electron chi connectivity index (χ4n) is 0.790. The molecule has 0 bridgehead atoms. The Labute approximate surface area is 65.5 Å². The van der Waals surface area contributed by atoms with Gasteiger partial charge in [0.15, 0.2) is 5.78 Å². The molecule has 3 heteroatoms. The van der Waals surface area contributed by atoms with Crippen LogP contribution < -0.4 is 5.32 Å². The topological polar surface area (TPSA) is 42.0 Å². The van der Waals surface area contributed by atoms with Gasteiger partial charge in [0.25, 0.3) is 0 Å². The average molecular weight is 150 g/mol. The van der Waals surface area contributed by atoms with Crippen molar-refractivity contribution in [1.29, 1.82) is 0 Å². The molecule has 1 heterocycles. The van der Waals surface area contributed by atoms with E-state index in [1.165, 1.54) is 0 Å². The lowest BCUT2D eigenvalue weighted by molar-refractivity contribution is 0.0993. The monoisotopic (exact) mass is 150 g/mol. The molecule has 0 aliphatic heterocycles. The van der Waals surface area contributed by atoms with Gasteiger partial charge in [-0.25, -0.2) is 0 Å². The van der Waals surface area contributed by atoms with Crippen LogP contribution in [-0.2, 0) is 0 Å². The molecule has 3 nitrogen and oxygen atoms in total. The number of hydrogen-bond acceptors (Lipinski definition) is 3. The van der Waals surface area contributed by atoms with E-state index in [9.17, 15) is 4.79 Å². The van der Waals surface area contributed by atoms with E-state index in [4.69, 9.17) is 0 Å². The second-order valence-electron chi connectivity index (χ2n) is 2.20. The normalized spacial score (nSPS) is 9.55. The lowest BCUT2D eigenvalue weighted by Crippen LogP contribution is -2.18. The van der Waals surface area contributed by atoms with Crippen LogP contribution in [0.5, 0.6) is 0 Å². The van der Waals surface area contributed by atoms with E-state index in [2.05, 4.69) is 10.3 Å². The summed E-state index contributed by atoms with van der Waals surface area (Å²) in [5.41, 5.74) is 0.654. The Bertz CT molecular complexity index is 233. The smallest absolute Gasteiger partial charge is 0.178 e. The first kappa shape index (κ1) is 7.88. The van der Waals surface area contributed by atoms with Crippen molar-refractivity contribution in [3.8, 4) is 0 Å². The summed E-state index contributed by atoms with van der Waals surface area (Å²) in [6, 6.07) is 3.51. The number of carbonyl (C=O) groups excluding carboxylic acids is 1. The molecule has 0 saturated carbocycles. The summed E-state index contributed by atoms with van der Waals surface area (Å²) in [6.45, 7) is 0.367. The van der Waals surface area contributed by atoms with Gasteiger partial charge >= 0.3 is 0 Å². The summed E-state index contributed by atoms with van der Waals surface area (Å²) in [5.74, 6) is 0.0700. The summed E-state index contributed by atoms with van der Waals surface area (Å²) in [5, 5.41) is 2.79. The summed E-state index contributed by atoms with van der Waals surface area (Å²) < 4.78 is 0. The van der Waals surface area contributed by atoms with Crippen LogP contribution in [-0.4, -0.2) is 24.4 Å².